The number of hydrogen-bond acceptors (Lipinski definition) is 3. The molecular formula is C13H19N3O. The smallest absolute Gasteiger partial charge is 0.228 e. The fourth-order valence-electron chi connectivity index (χ4n) is 2.21. The third-order valence-electron chi connectivity index (χ3n) is 3.20. The molecule has 92 valence electrons. The Morgan fingerprint density at radius 2 is 2.12 bits per heavy atom. The molecule has 0 saturated carbocycles. The fraction of sp³-hybridized carbons (Fsp3) is 0.462. The topological polar surface area (TPSA) is 49.6 Å². The van der Waals surface area contributed by atoms with E-state index in [1.807, 2.05) is 19.2 Å². The van der Waals surface area contributed by atoms with Crippen LogP contribution in [0.2, 0.25) is 0 Å². The largest absolute Gasteiger partial charge is 0.368 e. The van der Waals surface area contributed by atoms with Crippen molar-refractivity contribution in [1.29, 1.82) is 0 Å². The van der Waals surface area contributed by atoms with Gasteiger partial charge in [-0.25, -0.2) is 0 Å². The van der Waals surface area contributed by atoms with Crippen molar-refractivity contribution in [3.63, 3.8) is 0 Å². The molecule has 17 heavy (non-hydrogen) atoms. The van der Waals surface area contributed by atoms with Crippen molar-refractivity contribution in [2.24, 2.45) is 5.73 Å². The molecule has 2 rings (SSSR count). The SMILES string of the molecule is Cc1ccc2c(c1)N(CCN)CCC(=O)N2C. The van der Waals surface area contributed by atoms with Crippen molar-refractivity contribution in [3.05, 3.63) is 23.8 Å². The summed E-state index contributed by atoms with van der Waals surface area (Å²) >= 11 is 0. The van der Waals surface area contributed by atoms with Crippen LogP contribution in [0.5, 0.6) is 0 Å². The van der Waals surface area contributed by atoms with Crippen molar-refractivity contribution in [2.45, 2.75) is 13.3 Å². The molecule has 0 unspecified atom stereocenters. The third-order valence-corrected chi connectivity index (χ3v) is 3.20. The van der Waals surface area contributed by atoms with E-state index in [-0.39, 0.29) is 5.91 Å². The Balaban J connectivity index is 2.47. The van der Waals surface area contributed by atoms with E-state index in [9.17, 15) is 4.79 Å². The lowest BCUT2D eigenvalue weighted by atomic mass is 10.1. The van der Waals surface area contributed by atoms with Gasteiger partial charge < -0.3 is 15.5 Å². The van der Waals surface area contributed by atoms with E-state index in [0.717, 1.165) is 24.5 Å². The Bertz CT molecular complexity index is 431. The summed E-state index contributed by atoms with van der Waals surface area (Å²) in [6, 6.07) is 6.17. The minimum atomic E-state index is 0.162. The molecule has 1 aromatic carbocycles. The molecule has 0 fully saturated rings. The van der Waals surface area contributed by atoms with Gasteiger partial charge in [-0.15, -0.1) is 0 Å². The molecule has 0 spiro atoms. The molecule has 1 aliphatic rings. The van der Waals surface area contributed by atoms with Gasteiger partial charge in [-0.2, -0.15) is 0 Å². The van der Waals surface area contributed by atoms with E-state index < -0.39 is 0 Å². The minimum absolute atomic E-state index is 0.162. The highest BCUT2D eigenvalue weighted by atomic mass is 16.2. The first-order chi connectivity index (χ1) is 8.13. The zero-order valence-electron chi connectivity index (χ0n) is 10.4. The molecule has 0 atom stereocenters. The number of anilines is 2. The van der Waals surface area contributed by atoms with Gasteiger partial charge in [-0.1, -0.05) is 6.07 Å². The number of carbonyl (C=O) groups is 1. The van der Waals surface area contributed by atoms with E-state index in [4.69, 9.17) is 5.73 Å². The van der Waals surface area contributed by atoms with Crippen LogP contribution in [0.15, 0.2) is 18.2 Å². The van der Waals surface area contributed by atoms with Crippen molar-refractivity contribution in [3.8, 4) is 0 Å². The number of carbonyl (C=O) groups excluding carboxylic acids is 1. The number of nitrogens with zero attached hydrogens (tertiary/aromatic N) is 2. The second-order valence-corrected chi connectivity index (χ2v) is 4.47. The number of hydrogen-bond donors (Lipinski definition) is 1. The molecule has 0 aromatic heterocycles. The molecular weight excluding hydrogens is 214 g/mol. The monoisotopic (exact) mass is 233 g/mol. The fourth-order valence-corrected chi connectivity index (χ4v) is 2.21. The van der Waals surface area contributed by atoms with E-state index in [0.29, 0.717) is 13.0 Å². The predicted octanol–water partition coefficient (Wildman–Crippen LogP) is 1.13. The van der Waals surface area contributed by atoms with Gasteiger partial charge in [0.05, 0.1) is 11.4 Å². The van der Waals surface area contributed by atoms with Crippen LogP contribution >= 0.6 is 0 Å². The number of rotatable bonds is 2. The minimum Gasteiger partial charge on any atom is -0.368 e. The molecule has 0 aliphatic carbocycles. The van der Waals surface area contributed by atoms with Gasteiger partial charge in [0.25, 0.3) is 0 Å². The maximum atomic E-state index is 11.9. The Labute approximate surface area is 102 Å². The summed E-state index contributed by atoms with van der Waals surface area (Å²) in [4.78, 5) is 15.8. The maximum Gasteiger partial charge on any atom is 0.228 e. The van der Waals surface area contributed by atoms with Crippen LogP contribution in [-0.4, -0.2) is 32.6 Å². The molecule has 1 aromatic rings. The molecule has 1 heterocycles. The van der Waals surface area contributed by atoms with Crippen molar-refractivity contribution in [1.82, 2.24) is 0 Å². The number of amides is 1. The standard InChI is InChI=1S/C13H19N3O/c1-10-3-4-11-12(9-10)16(8-6-14)7-5-13(17)15(11)2/h3-4,9H,5-8,14H2,1-2H3. The molecule has 0 saturated heterocycles. The maximum absolute atomic E-state index is 11.9. The molecule has 4 nitrogen and oxygen atoms in total. The average molecular weight is 233 g/mol. The summed E-state index contributed by atoms with van der Waals surface area (Å²) in [7, 11) is 1.84. The van der Waals surface area contributed by atoms with Crippen LogP contribution in [0.3, 0.4) is 0 Å². The highest BCUT2D eigenvalue weighted by Crippen LogP contribution is 2.32. The van der Waals surface area contributed by atoms with Gasteiger partial charge in [-0.3, -0.25) is 4.79 Å². The van der Waals surface area contributed by atoms with Gasteiger partial charge in [0, 0.05) is 33.1 Å². The highest BCUT2D eigenvalue weighted by molar-refractivity contribution is 5.98. The van der Waals surface area contributed by atoms with Crippen molar-refractivity contribution in [2.75, 3.05) is 36.5 Å². The van der Waals surface area contributed by atoms with Crippen LogP contribution in [0, 0.1) is 6.92 Å². The van der Waals surface area contributed by atoms with Gasteiger partial charge in [0.15, 0.2) is 0 Å². The number of nitrogens with two attached hydrogens (primary N) is 1. The highest BCUT2D eigenvalue weighted by Gasteiger charge is 2.22. The van der Waals surface area contributed by atoms with Crippen molar-refractivity contribution < 1.29 is 4.79 Å². The Morgan fingerprint density at radius 3 is 2.82 bits per heavy atom. The number of aryl methyl sites for hydroxylation is 1. The Hall–Kier alpha value is -1.55. The summed E-state index contributed by atoms with van der Waals surface area (Å²) in [6.07, 6.45) is 0.546. The molecule has 4 heteroatoms. The quantitative estimate of drug-likeness (QED) is 0.833. The molecule has 2 N–H and O–H groups in total. The van der Waals surface area contributed by atoms with Gasteiger partial charge in [0.2, 0.25) is 5.91 Å². The molecule has 1 amide bonds. The lowest BCUT2D eigenvalue weighted by Crippen LogP contribution is -2.30. The van der Waals surface area contributed by atoms with Gasteiger partial charge in [-0.05, 0) is 24.6 Å². The summed E-state index contributed by atoms with van der Waals surface area (Å²) in [5, 5.41) is 0. The summed E-state index contributed by atoms with van der Waals surface area (Å²) in [5.41, 5.74) is 8.93. The summed E-state index contributed by atoms with van der Waals surface area (Å²) in [6.45, 7) is 4.20. The first-order valence-electron chi connectivity index (χ1n) is 5.95. The first kappa shape index (κ1) is 11.9. The van der Waals surface area contributed by atoms with E-state index >= 15 is 0 Å². The van der Waals surface area contributed by atoms with Gasteiger partial charge in [0.1, 0.15) is 0 Å². The number of fused-ring (bicyclic) bond motifs is 1. The summed E-state index contributed by atoms with van der Waals surface area (Å²) in [5.74, 6) is 0.162. The van der Waals surface area contributed by atoms with Crippen LogP contribution in [0.25, 0.3) is 0 Å². The van der Waals surface area contributed by atoms with E-state index in [1.54, 1.807) is 4.90 Å². The normalized spacial score (nSPS) is 15.8. The third kappa shape index (κ3) is 2.26. The van der Waals surface area contributed by atoms with E-state index in [1.165, 1.54) is 5.56 Å². The lowest BCUT2D eigenvalue weighted by Gasteiger charge is -2.25. The Kier molecular flexibility index (Phi) is 3.33. The second-order valence-electron chi connectivity index (χ2n) is 4.47. The predicted molar refractivity (Wildman–Crippen MR) is 70.5 cm³/mol. The van der Waals surface area contributed by atoms with Crippen molar-refractivity contribution >= 4 is 17.3 Å². The second kappa shape index (κ2) is 4.75. The summed E-state index contributed by atoms with van der Waals surface area (Å²) < 4.78 is 0. The van der Waals surface area contributed by atoms with Crippen LogP contribution < -0.4 is 15.5 Å². The van der Waals surface area contributed by atoms with Gasteiger partial charge >= 0.3 is 0 Å². The van der Waals surface area contributed by atoms with Crippen LogP contribution in [0.4, 0.5) is 11.4 Å². The molecule has 1 aliphatic heterocycles. The van der Waals surface area contributed by atoms with Crippen LogP contribution in [0.1, 0.15) is 12.0 Å². The van der Waals surface area contributed by atoms with Crippen LogP contribution in [-0.2, 0) is 4.79 Å². The van der Waals surface area contributed by atoms with E-state index in [2.05, 4.69) is 17.9 Å². The average Bonchev–Trinajstić information content (AvgIpc) is 2.42. The Morgan fingerprint density at radius 1 is 1.35 bits per heavy atom. The zero-order chi connectivity index (χ0) is 12.4. The molecule has 0 bridgehead atoms. The zero-order valence-corrected chi connectivity index (χ0v) is 10.4. The lowest BCUT2D eigenvalue weighted by molar-refractivity contribution is -0.118. The first-order valence-corrected chi connectivity index (χ1v) is 5.95. The molecule has 0 radical (unpaired) electrons. The number of benzene rings is 1.